The zero-order chi connectivity index (χ0) is 14.1. The van der Waals surface area contributed by atoms with E-state index >= 15 is 0 Å². The van der Waals surface area contributed by atoms with Gasteiger partial charge in [-0.1, -0.05) is 0 Å². The Kier molecular flexibility index (Phi) is 3.23. The molecule has 0 aromatic carbocycles. The van der Waals surface area contributed by atoms with Crippen molar-refractivity contribution in [3.63, 3.8) is 0 Å². The van der Waals surface area contributed by atoms with E-state index in [1.54, 1.807) is 4.52 Å². The Labute approximate surface area is 115 Å². The summed E-state index contributed by atoms with van der Waals surface area (Å²) < 4.78 is 1.72. The highest BCUT2D eigenvalue weighted by Crippen LogP contribution is 2.17. The first kappa shape index (κ1) is 12.8. The number of carbonyl (C=O) groups is 1. The number of fused-ring (bicyclic) bond motifs is 1. The fraction of sp³-hybridized carbons (Fsp3) is 0.500. The Balaban J connectivity index is 1.79. The number of hydrogen-bond acceptors (Lipinski definition) is 6. The van der Waals surface area contributed by atoms with Crippen molar-refractivity contribution < 1.29 is 9.90 Å². The molecule has 0 atom stereocenters. The average molecular weight is 276 g/mol. The van der Waals surface area contributed by atoms with Crippen LogP contribution in [0.5, 0.6) is 0 Å². The van der Waals surface area contributed by atoms with Gasteiger partial charge in [-0.2, -0.15) is 14.6 Å². The molecule has 1 saturated heterocycles. The molecule has 0 radical (unpaired) electrons. The molecule has 8 heteroatoms. The number of rotatable bonds is 3. The lowest BCUT2D eigenvalue weighted by Gasteiger charge is -2.35. The number of carboxylic acids is 1. The first-order valence-corrected chi connectivity index (χ1v) is 6.50. The van der Waals surface area contributed by atoms with E-state index in [1.807, 2.05) is 17.9 Å². The van der Waals surface area contributed by atoms with Crippen LogP contribution in [0.1, 0.15) is 5.69 Å². The van der Waals surface area contributed by atoms with Gasteiger partial charge in [0.1, 0.15) is 12.1 Å². The van der Waals surface area contributed by atoms with Gasteiger partial charge in [0.25, 0.3) is 5.78 Å². The minimum atomic E-state index is -0.781. The minimum absolute atomic E-state index is 0.0992. The number of piperazine rings is 1. The van der Waals surface area contributed by atoms with Gasteiger partial charge in [0.15, 0.2) is 0 Å². The molecule has 8 nitrogen and oxygen atoms in total. The fourth-order valence-corrected chi connectivity index (χ4v) is 2.46. The van der Waals surface area contributed by atoms with Gasteiger partial charge >= 0.3 is 5.97 Å². The van der Waals surface area contributed by atoms with Crippen LogP contribution in [-0.2, 0) is 4.79 Å². The second kappa shape index (κ2) is 5.04. The first-order valence-electron chi connectivity index (χ1n) is 6.50. The smallest absolute Gasteiger partial charge is 0.317 e. The summed E-state index contributed by atoms with van der Waals surface area (Å²) in [7, 11) is 0. The molecule has 0 spiro atoms. The van der Waals surface area contributed by atoms with Crippen molar-refractivity contribution in [3.05, 3.63) is 18.1 Å². The minimum Gasteiger partial charge on any atom is -0.480 e. The Morgan fingerprint density at radius 2 is 2.10 bits per heavy atom. The summed E-state index contributed by atoms with van der Waals surface area (Å²) in [4.78, 5) is 23.3. The second-order valence-electron chi connectivity index (χ2n) is 4.88. The third kappa shape index (κ3) is 2.42. The predicted octanol–water partition coefficient (Wildman–Crippen LogP) is -0.361. The Hall–Kier alpha value is -2.22. The van der Waals surface area contributed by atoms with Crippen molar-refractivity contribution in [2.24, 2.45) is 0 Å². The van der Waals surface area contributed by atoms with Gasteiger partial charge in [0.2, 0.25) is 0 Å². The van der Waals surface area contributed by atoms with Gasteiger partial charge < -0.3 is 10.0 Å². The van der Waals surface area contributed by atoms with Crippen LogP contribution in [0.15, 0.2) is 12.4 Å². The summed E-state index contributed by atoms with van der Waals surface area (Å²) in [5.41, 5.74) is 0.897. The normalized spacial score (nSPS) is 16.8. The lowest BCUT2D eigenvalue weighted by molar-refractivity contribution is -0.138. The second-order valence-corrected chi connectivity index (χ2v) is 4.88. The lowest BCUT2D eigenvalue weighted by Crippen LogP contribution is -2.48. The zero-order valence-electron chi connectivity index (χ0n) is 11.2. The topological polar surface area (TPSA) is 86.9 Å². The van der Waals surface area contributed by atoms with E-state index in [4.69, 9.17) is 5.11 Å². The van der Waals surface area contributed by atoms with E-state index in [1.165, 1.54) is 6.33 Å². The highest BCUT2D eigenvalue weighted by molar-refractivity contribution is 5.69. The van der Waals surface area contributed by atoms with Crippen LogP contribution < -0.4 is 4.90 Å². The number of anilines is 1. The summed E-state index contributed by atoms with van der Waals surface area (Å²) in [6.45, 7) is 5.02. The molecule has 0 amide bonds. The maximum atomic E-state index is 10.7. The third-order valence-corrected chi connectivity index (χ3v) is 3.42. The van der Waals surface area contributed by atoms with E-state index < -0.39 is 5.97 Å². The summed E-state index contributed by atoms with van der Waals surface area (Å²) in [6.07, 6.45) is 1.49. The van der Waals surface area contributed by atoms with Crippen molar-refractivity contribution in [2.75, 3.05) is 37.6 Å². The van der Waals surface area contributed by atoms with E-state index in [0.29, 0.717) is 5.78 Å². The predicted molar refractivity (Wildman–Crippen MR) is 71.8 cm³/mol. The molecule has 1 aliphatic rings. The molecule has 0 aliphatic carbocycles. The number of nitrogens with zero attached hydrogens (tertiary/aromatic N) is 6. The van der Waals surface area contributed by atoms with Crippen LogP contribution in [0.25, 0.3) is 5.78 Å². The van der Waals surface area contributed by atoms with Crippen LogP contribution in [0.4, 0.5) is 5.82 Å². The lowest BCUT2D eigenvalue weighted by atomic mass is 10.3. The van der Waals surface area contributed by atoms with E-state index in [0.717, 1.165) is 37.7 Å². The molecule has 3 heterocycles. The largest absolute Gasteiger partial charge is 0.480 e. The number of aromatic nitrogens is 4. The Morgan fingerprint density at radius 3 is 2.80 bits per heavy atom. The van der Waals surface area contributed by atoms with Gasteiger partial charge in [-0.05, 0) is 6.92 Å². The van der Waals surface area contributed by atoms with Crippen molar-refractivity contribution in [2.45, 2.75) is 6.92 Å². The van der Waals surface area contributed by atoms with Gasteiger partial charge in [-0.3, -0.25) is 9.69 Å². The Bertz CT molecular complexity index is 632. The van der Waals surface area contributed by atoms with Crippen LogP contribution in [-0.4, -0.2) is 68.3 Å². The highest BCUT2D eigenvalue weighted by atomic mass is 16.4. The molecule has 1 aliphatic heterocycles. The summed E-state index contributed by atoms with van der Waals surface area (Å²) in [5.74, 6) is 0.768. The molecule has 0 saturated carbocycles. The quantitative estimate of drug-likeness (QED) is 0.819. The van der Waals surface area contributed by atoms with Crippen LogP contribution in [0.3, 0.4) is 0 Å². The van der Waals surface area contributed by atoms with Crippen molar-refractivity contribution >= 4 is 17.6 Å². The molecular weight excluding hydrogens is 260 g/mol. The molecule has 20 heavy (non-hydrogen) atoms. The van der Waals surface area contributed by atoms with E-state index in [2.05, 4.69) is 20.0 Å². The molecule has 3 rings (SSSR count). The monoisotopic (exact) mass is 276 g/mol. The molecular formula is C12H16N6O2. The van der Waals surface area contributed by atoms with E-state index in [-0.39, 0.29) is 6.54 Å². The SMILES string of the molecule is Cc1cc(N2CCN(CC(=O)O)CC2)n2ncnc2n1. The van der Waals surface area contributed by atoms with Crippen molar-refractivity contribution in [1.82, 2.24) is 24.5 Å². The average Bonchev–Trinajstić information content (AvgIpc) is 2.86. The van der Waals surface area contributed by atoms with Crippen LogP contribution in [0.2, 0.25) is 0 Å². The first-order chi connectivity index (χ1) is 9.63. The molecule has 2 aromatic rings. The van der Waals surface area contributed by atoms with E-state index in [9.17, 15) is 4.79 Å². The standard InChI is InChI=1S/C12H16N6O2/c1-9-6-10(18-12(15-9)13-8-14-18)17-4-2-16(3-5-17)7-11(19)20/h6,8H,2-5,7H2,1H3,(H,19,20). The molecule has 1 N–H and O–H groups in total. The van der Waals surface area contributed by atoms with Crippen LogP contribution >= 0.6 is 0 Å². The molecule has 106 valence electrons. The zero-order valence-corrected chi connectivity index (χ0v) is 11.2. The van der Waals surface area contributed by atoms with Gasteiger partial charge in [-0.15, -0.1) is 0 Å². The number of carboxylic acid groups (broad SMARTS) is 1. The van der Waals surface area contributed by atoms with Gasteiger partial charge in [0, 0.05) is 37.9 Å². The summed E-state index contributed by atoms with van der Waals surface area (Å²) >= 11 is 0. The third-order valence-electron chi connectivity index (χ3n) is 3.42. The van der Waals surface area contributed by atoms with Crippen molar-refractivity contribution in [1.29, 1.82) is 0 Å². The highest BCUT2D eigenvalue weighted by Gasteiger charge is 2.21. The number of hydrogen-bond donors (Lipinski definition) is 1. The van der Waals surface area contributed by atoms with Crippen molar-refractivity contribution in [3.8, 4) is 0 Å². The number of aryl methyl sites for hydroxylation is 1. The molecule has 0 unspecified atom stereocenters. The molecule has 0 bridgehead atoms. The Morgan fingerprint density at radius 1 is 1.35 bits per heavy atom. The fourth-order valence-electron chi connectivity index (χ4n) is 2.46. The summed E-state index contributed by atoms with van der Waals surface area (Å²) in [6, 6.07) is 1.98. The maximum Gasteiger partial charge on any atom is 0.317 e. The number of aliphatic carboxylic acids is 1. The summed E-state index contributed by atoms with van der Waals surface area (Å²) in [5, 5.41) is 13.0. The van der Waals surface area contributed by atoms with Gasteiger partial charge in [0.05, 0.1) is 6.54 Å². The maximum absolute atomic E-state index is 10.7. The molecule has 1 fully saturated rings. The molecule has 2 aromatic heterocycles. The van der Waals surface area contributed by atoms with Gasteiger partial charge in [-0.25, -0.2) is 4.98 Å². The van der Waals surface area contributed by atoms with Crippen LogP contribution in [0, 0.1) is 6.92 Å².